The molecule has 0 bridgehead atoms. The van der Waals surface area contributed by atoms with Crippen molar-refractivity contribution in [3.05, 3.63) is 54.2 Å². The fraction of sp³-hybridized carbons (Fsp3) is 0.316. The van der Waals surface area contributed by atoms with Crippen LogP contribution >= 0.6 is 0 Å². The van der Waals surface area contributed by atoms with Crippen LogP contribution in [0.2, 0.25) is 0 Å². The number of aromatic nitrogens is 5. The van der Waals surface area contributed by atoms with E-state index in [4.69, 9.17) is 0 Å². The Morgan fingerprint density at radius 3 is 2.89 bits per heavy atom. The first-order valence-electron chi connectivity index (χ1n) is 9.02. The summed E-state index contributed by atoms with van der Waals surface area (Å²) in [4.78, 5) is 21.0. The van der Waals surface area contributed by atoms with Crippen LogP contribution in [0.3, 0.4) is 0 Å². The quantitative estimate of drug-likeness (QED) is 0.735. The molecule has 0 fully saturated rings. The van der Waals surface area contributed by atoms with Gasteiger partial charge < -0.3 is 15.2 Å². The van der Waals surface area contributed by atoms with Crippen LogP contribution in [0.15, 0.2) is 42.9 Å². The molecule has 1 atom stereocenters. The van der Waals surface area contributed by atoms with Crippen LogP contribution in [0.1, 0.15) is 29.0 Å². The molecule has 8 heteroatoms. The molecule has 0 saturated carbocycles. The van der Waals surface area contributed by atoms with Crippen molar-refractivity contribution in [2.24, 2.45) is 0 Å². The Labute approximate surface area is 157 Å². The highest BCUT2D eigenvalue weighted by Crippen LogP contribution is 2.22. The van der Waals surface area contributed by atoms with E-state index in [0.29, 0.717) is 11.4 Å². The van der Waals surface area contributed by atoms with Crippen molar-refractivity contribution < 1.29 is 4.79 Å². The Kier molecular flexibility index (Phi) is 4.78. The minimum Gasteiger partial charge on any atom is -0.372 e. The van der Waals surface area contributed by atoms with E-state index in [1.807, 2.05) is 12.1 Å². The van der Waals surface area contributed by atoms with Gasteiger partial charge in [-0.25, -0.2) is 4.98 Å². The van der Waals surface area contributed by atoms with Crippen LogP contribution < -0.4 is 10.6 Å². The number of nitrogens with one attached hydrogen (secondary N) is 2. The van der Waals surface area contributed by atoms with Gasteiger partial charge in [-0.15, -0.1) is 10.2 Å². The number of hydrogen-bond donors (Lipinski definition) is 2. The molecule has 1 aliphatic rings. The second-order valence-corrected chi connectivity index (χ2v) is 6.48. The van der Waals surface area contributed by atoms with Gasteiger partial charge in [-0.05, 0) is 37.1 Å². The van der Waals surface area contributed by atoms with Gasteiger partial charge in [-0.3, -0.25) is 9.78 Å². The van der Waals surface area contributed by atoms with E-state index >= 15 is 0 Å². The number of amides is 1. The molecule has 138 valence electrons. The number of rotatable bonds is 4. The fourth-order valence-corrected chi connectivity index (χ4v) is 3.39. The van der Waals surface area contributed by atoms with E-state index in [-0.39, 0.29) is 11.9 Å². The smallest absolute Gasteiger partial charge is 0.255 e. The highest BCUT2D eigenvalue weighted by molar-refractivity contribution is 5.98. The predicted octanol–water partition coefficient (Wildman–Crippen LogP) is 1.91. The van der Waals surface area contributed by atoms with Gasteiger partial charge in [0, 0.05) is 50.2 Å². The summed E-state index contributed by atoms with van der Waals surface area (Å²) in [6.07, 6.45) is 7.62. The SMILES string of the molecule is CNc1ncccc1C(=O)NC1CCc2nnc(-c3cccnc3)n2CC1. The van der Waals surface area contributed by atoms with Gasteiger partial charge in [0.2, 0.25) is 0 Å². The summed E-state index contributed by atoms with van der Waals surface area (Å²) in [6.45, 7) is 0.753. The molecule has 0 aliphatic carbocycles. The molecule has 8 nitrogen and oxygen atoms in total. The molecule has 0 aromatic carbocycles. The third kappa shape index (κ3) is 3.51. The van der Waals surface area contributed by atoms with E-state index in [1.165, 1.54) is 0 Å². The van der Waals surface area contributed by atoms with E-state index in [1.54, 1.807) is 37.8 Å². The van der Waals surface area contributed by atoms with Crippen molar-refractivity contribution in [3.8, 4) is 11.4 Å². The molecule has 27 heavy (non-hydrogen) atoms. The van der Waals surface area contributed by atoms with Crippen molar-refractivity contribution in [3.63, 3.8) is 0 Å². The number of hydrogen-bond acceptors (Lipinski definition) is 6. The van der Waals surface area contributed by atoms with Crippen LogP contribution in [0, 0.1) is 0 Å². The van der Waals surface area contributed by atoms with E-state index in [2.05, 4.69) is 35.4 Å². The normalized spacial score (nSPS) is 16.3. The van der Waals surface area contributed by atoms with Gasteiger partial charge in [0.1, 0.15) is 11.6 Å². The van der Waals surface area contributed by atoms with Gasteiger partial charge in [0.15, 0.2) is 5.82 Å². The van der Waals surface area contributed by atoms with Crippen LogP contribution in [0.5, 0.6) is 0 Å². The number of anilines is 1. The zero-order valence-electron chi connectivity index (χ0n) is 15.1. The molecule has 3 aromatic rings. The van der Waals surface area contributed by atoms with Crippen molar-refractivity contribution in [2.45, 2.75) is 31.8 Å². The molecular formula is C19H21N7O. The van der Waals surface area contributed by atoms with Crippen LogP contribution in [-0.4, -0.2) is 43.7 Å². The Morgan fingerprint density at radius 1 is 1.19 bits per heavy atom. The lowest BCUT2D eigenvalue weighted by molar-refractivity contribution is 0.0933. The molecule has 1 amide bonds. The number of carbonyl (C=O) groups is 1. The van der Waals surface area contributed by atoms with E-state index in [9.17, 15) is 4.79 Å². The summed E-state index contributed by atoms with van der Waals surface area (Å²) in [5.74, 6) is 2.25. The summed E-state index contributed by atoms with van der Waals surface area (Å²) >= 11 is 0. The standard InChI is InChI=1S/C19H21N7O/c1-20-17-15(5-3-10-22-17)19(27)23-14-6-7-16-24-25-18(26(16)11-8-14)13-4-2-9-21-12-13/h2-5,9-10,12,14H,6-8,11H2,1H3,(H,20,22)(H,23,27). The number of carbonyl (C=O) groups excluding carboxylic acids is 1. The highest BCUT2D eigenvalue weighted by atomic mass is 16.1. The summed E-state index contributed by atoms with van der Waals surface area (Å²) < 4.78 is 2.13. The van der Waals surface area contributed by atoms with Crippen molar-refractivity contribution in [1.82, 2.24) is 30.0 Å². The van der Waals surface area contributed by atoms with Gasteiger partial charge in [0.05, 0.1) is 5.56 Å². The summed E-state index contributed by atoms with van der Waals surface area (Å²) in [5, 5.41) is 14.8. The molecule has 2 N–H and O–H groups in total. The number of aryl methyl sites for hydroxylation is 1. The molecule has 0 saturated heterocycles. The summed E-state index contributed by atoms with van der Waals surface area (Å²) in [6, 6.07) is 7.50. The lowest BCUT2D eigenvalue weighted by Crippen LogP contribution is -2.35. The van der Waals surface area contributed by atoms with Crippen LogP contribution in [0.4, 0.5) is 5.82 Å². The van der Waals surface area contributed by atoms with Gasteiger partial charge >= 0.3 is 0 Å². The minimum atomic E-state index is -0.109. The third-order valence-electron chi connectivity index (χ3n) is 4.79. The van der Waals surface area contributed by atoms with Gasteiger partial charge in [-0.2, -0.15) is 0 Å². The Morgan fingerprint density at radius 2 is 2.07 bits per heavy atom. The molecule has 1 unspecified atom stereocenters. The maximum atomic E-state index is 12.7. The largest absolute Gasteiger partial charge is 0.372 e. The second kappa shape index (κ2) is 7.53. The van der Waals surface area contributed by atoms with Gasteiger partial charge in [0.25, 0.3) is 5.91 Å². The van der Waals surface area contributed by atoms with Crippen LogP contribution in [0.25, 0.3) is 11.4 Å². The molecule has 1 aliphatic heterocycles. The average Bonchev–Trinajstić information content (AvgIpc) is 3.03. The fourth-order valence-electron chi connectivity index (χ4n) is 3.39. The Bertz CT molecular complexity index is 938. The van der Waals surface area contributed by atoms with Crippen molar-refractivity contribution >= 4 is 11.7 Å². The maximum Gasteiger partial charge on any atom is 0.255 e. The maximum absolute atomic E-state index is 12.7. The number of fused-ring (bicyclic) bond motifs is 1. The zero-order chi connectivity index (χ0) is 18.6. The molecule has 0 spiro atoms. The second-order valence-electron chi connectivity index (χ2n) is 6.48. The first kappa shape index (κ1) is 17.1. The number of pyridine rings is 2. The zero-order valence-corrected chi connectivity index (χ0v) is 15.1. The molecule has 3 aromatic heterocycles. The molecule has 4 rings (SSSR count). The lowest BCUT2D eigenvalue weighted by atomic mass is 10.1. The molecular weight excluding hydrogens is 342 g/mol. The average molecular weight is 363 g/mol. The first-order chi connectivity index (χ1) is 13.3. The summed E-state index contributed by atoms with van der Waals surface area (Å²) in [7, 11) is 1.76. The van der Waals surface area contributed by atoms with Crippen molar-refractivity contribution in [2.75, 3.05) is 12.4 Å². The topological polar surface area (TPSA) is 97.6 Å². The monoisotopic (exact) mass is 363 g/mol. The highest BCUT2D eigenvalue weighted by Gasteiger charge is 2.23. The third-order valence-corrected chi connectivity index (χ3v) is 4.79. The first-order valence-corrected chi connectivity index (χ1v) is 9.02. The van der Waals surface area contributed by atoms with Gasteiger partial charge in [-0.1, -0.05) is 0 Å². The molecule has 4 heterocycles. The minimum absolute atomic E-state index is 0.0749. The number of nitrogens with zero attached hydrogens (tertiary/aromatic N) is 5. The Balaban J connectivity index is 1.48. The van der Waals surface area contributed by atoms with E-state index < -0.39 is 0 Å². The summed E-state index contributed by atoms with van der Waals surface area (Å²) in [5.41, 5.74) is 1.51. The lowest BCUT2D eigenvalue weighted by Gasteiger charge is -2.17. The van der Waals surface area contributed by atoms with E-state index in [0.717, 1.165) is 43.0 Å². The van der Waals surface area contributed by atoms with Crippen LogP contribution in [-0.2, 0) is 13.0 Å². The predicted molar refractivity (Wildman–Crippen MR) is 101 cm³/mol. The van der Waals surface area contributed by atoms with Crippen molar-refractivity contribution in [1.29, 1.82) is 0 Å². The molecule has 0 radical (unpaired) electrons. The Hall–Kier alpha value is -3.29.